The maximum Gasteiger partial charge on any atom is 0.315 e. The van der Waals surface area contributed by atoms with Crippen LogP contribution >= 0.6 is 0 Å². The van der Waals surface area contributed by atoms with Gasteiger partial charge in [-0.05, 0) is 47.0 Å². The average molecular weight is 567 g/mol. The van der Waals surface area contributed by atoms with Gasteiger partial charge in [-0.2, -0.15) is 0 Å². The SMILES string of the molecule is COc1ccccc1C1C(C(=O)Oc2cccc(-c3cccc4c3OCCO4)c2)[C@@H](c2ccccc2OC)[C@H]1C(=O)O. The summed E-state index contributed by atoms with van der Waals surface area (Å²) in [5.74, 6) is -1.97. The molecule has 2 unspecified atom stereocenters. The van der Waals surface area contributed by atoms with Gasteiger partial charge in [0.15, 0.2) is 11.5 Å². The number of carbonyl (C=O) groups excluding carboxylic acids is 1. The first kappa shape index (κ1) is 27.2. The van der Waals surface area contributed by atoms with Gasteiger partial charge in [0.1, 0.15) is 30.5 Å². The molecule has 1 aliphatic carbocycles. The Morgan fingerprint density at radius 3 is 2.00 bits per heavy atom. The summed E-state index contributed by atoms with van der Waals surface area (Å²) in [6, 6.07) is 27.2. The van der Waals surface area contributed by atoms with Crippen molar-refractivity contribution >= 4 is 11.9 Å². The highest BCUT2D eigenvalue weighted by atomic mass is 16.6. The molecular weight excluding hydrogens is 536 g/mol. The second-order valence-corrected chi connectivity index (χ2v) is 10.2. The zero-order valence-corrected chi connectivity index (χ0v) is 23.2. The molecule has 214 valence electrons. The van der Waals surface area contributed by atoms with Crippen LogP contribution in [0.25, 0.3) is 11.1 Å². The van der Waals surface area contributed by atoms with Crippen molar-refractivity contribution < 1.29 is 38.4 Å². The number of esters is 1. The van der Waals surface area contributed by atoms with Gasteiger partial charge in [0, 0.05) is 17.4 Å². The fourth-order valence-corrected chi connectivity index (χ4v) is 6.22. The van der Waals surface area contributed by atoms with Crippen LogP contribution in [0, 0.1) is 11.8 Å². The molecule has 4 aromatic rings. The summed E-state index contributed by atoms with van der Waals surface area (Å²) in [4.78, 5) is 26.8. The molecule has 1 saturated carbocycles. The second-order valence-electron chi connectivity index (χ2n) is 10.2. The van der Waals surface area contributed by atoms with Crippen molar-refractivity contribution in [2.75, 3.05) is 27.4 Å². The van der Waals surface area contributed by atoms with E-state index in [1.54, 1.807) is 42.5 Å². The van der Waals surface area contributed by atoms with Crippen molar-refractivity contribution in [3.05, 3.63) is 102 Å². The molecule has 0 radical (unpaired) electrons. The zero-order valence-electron chi connectivity index (χ0n) is 23.2. The summed E-state index contributed by atoms with van der Waals surface area (Å²) in [6.45, 7) is 0.924. The van der Waals surface area contributed by atoms with E-state index in [9.17, 15) is 14.7 Å². The van der Waals surface area contributed by atoms with Gasteiger partial charge in [-0.25, -0.2) is 0 Å². The Balaban J connectivity index is 1.38. The molecule has 8 nitrogen and oxygen atoms in total. The smallest absolute Gasteiger partial charge is 0.315 e. The van der Waals surface area contributed by atoms with Gasteiger partial charge in [0.05, 0.1) is 26.1 Å². The predicted octanol–water partition coefficient (Wildman–Crippen LogP) is 5.95. The number of methoxy groups -OCH3 is 2. The molecule has 0 amide bonds. The average Bonchev–Trinajstić information content (AvgIpc) is 3.00. The van der Waals surface area contributed by atoms with E-state index >= 15 is 0 Å². The molecule has 0 saturated heterocycles. The van der Waals surface area contributed by atoms with E-state index in [1.807, 2.05) is 48.5 Å². The normalized spacial score (nSPS) is 20.6. The molecule has 1 heterocycles. The molecule has 1 aliphatic heterocycles. The molecule has 1 fully saturated rings. The quantitative estimate of drug-likeness (QED) is 0.206. The Kier molecular flexibility index (Phi) is 7.44. The molecule has 0 aromatic heterocycles. The van der Waals surface area contributed by atoms with Crippen LogP contribution in [0.5, 0.6) is 28.7 Å². The molecule has 1 N–H and O–H groups in total. The van der Waals surface area contributed by atoms with E-state index in [0.717, 1.165) is 11.1 Å². The number of hydrogen-bond donors (Lipinski definition) is 1. The van der Waals surface area contributed by atoms with Gasteiger partial charge in [-0.1, -0.05) is 60.7 Å². The van der Waals surface area contributed by atoms with Gasteiger partial charge in [-0.15, -0.1) is 0 Å². The maximum atomic E-state index is 14.1. The molecule has 6 rings (SSSR count). The lowest BCUT2D eigenvalue weighted by molar-refractivity contribution is -0.158. The number of carbonyl (C=O) groups is 2. The van der Waals surface area contributed by atoms with E-state index in [0.29, 0.717) is 53.1 Å². The monoisotopic (exact) mass is 566 g/mol. The lowest BCUT2D eigenvalue weighted by Crippen LogP contribution is -2.52. The summed E-state index contributed by atoms with van der Waals surface area (Å²) >= 11 is 0. The molecule has 42 heavy (non-hydrogen) atoms. The van der Waals surface area contributed by atoms with Crippen molar-refractivity contribution in [1.82, 2.24) is 0 Å². The van der Waals surface area contributed by atoms with E-state index in [2.05, 4.69) is 0 Å². The number of fused-ring (bicyclic) bond motifs is 1. The van der Waals surface area contributed by atoms with Gasteiger partial charge in [0.25, 0.3) is 0 Å². The van der Waals surface area contributed by atoms with Crippen LogP contribution in [0.15, 0.2) is 91.0 Å². The molecule has 4 aromatic carbocycles. The number of aliphatic carboxylic acids is 1. The van der Waals surface area contributed by atoms with Crippen molar-refractivity contribution in [2.24, 2.45) is 11.8 Å². The molecule has 4 atom stereocenters. The Morgan fingerprint density at radius 1 is 0.738 bits per heavy atom. The van der Waals surface area contributed by atoms with Crippen LogP contribution in [-0.2, 0) is 9.59 Å². The molecular formula is C34H30O8. The van der Waals surface area contributed by atoms with E-state index in [1.165, 1.54) is 14.2 Å². The highest BCUT2D eigenvalue weighted by Crippen LogP contribution is 2.60. The second kappa shape index (κ2) is 11.5. The number of ether oxygens (including phenoxy) is 5. The lowest BCUT2D eigenvalue weighted by atomic mass is 9.52. The summed E-state index contributed by atoms with van der Waals surface area (Å²) in [5.41, 5.74) is 2.89. The van der Waals surface area contributed by atoms with Crippen molar-refractivity contribution in [3.63, 3.8) is 0 Å². The van der Waals surface area contributed by atoms with E-state index in [-0.39, 0.29) is 0 Å². The first-order chi connectivity index (χ1) is 20.5. The highest BCUT2D eigenvalue weighted by Gasteiger charge is 2.60. The molecule has 0 spiro atoms. The zero-order chi connectivity index (χ0) is 29.2. The van der Waals surface area contributed by atoms with Gasteiger partial charge >= 0.3 is 11.9 Å². The lowest BCUT2D eigenvalue weighted by Gasteiger charge is -2.49. The van der Waals surface area contributed by atoms with Gasteiger partial charge < -0.3 is 28.8 Å². The Morgan fingerprint density at radius 2 is 1.36 bits per heavy atom. The minimum Gasteiger partial charge on any atom is -0.496 e. The van der Waals surface area contributed by atoms with Crippen molar-refractivity contribution in [1.29, 1.82) is 0 Å². The number of benzene rings is 4. The first-order valence-corrected chi connectivity index (χ1v) is 13.7. The molecule has 8 heteroatoms. The number of carboxylic acids is 1. The van der Waals surface area contributed by atoms with Crippen LogP contribution in [0.3, 0.4) is 0 Å². The highest BCUT2D eigenvalue weighted by molar-refractivity contribution is 5.86. The number of hydrogen-bond acceptors (Lipinski definition) is 7. The van der Waals surface area contributed by atoms with Crippen LogP contribution in [0.4, 0.5) is 0 Å². The third kappa shape index (κ3) is 4.79. The number of carboxylic acid groups (broad SMARTS) is 1. The Labute approximate surface area is 243 Å². The summed E-state index contributed by atoms with van der Waals surface area (Å²) in [7, 11) is 3.06. The van der Waals surface area contributed by atoms with E-state index in [4.69, 9.17) is 23.7 Å². The third-order valence-corrected chi connectivity index (χ3v) is 8.03. The van der Waals surface area contributed by atoms with Crippen molar-refractivity contribution in [2.45, 2.75) is 11.8 Å². The van der Waals surface area contributed by atoms with Crippen molar-refractivity contribution in [3.8, 4) is 39.9 Å². The van der Waals surface area contributed by atoms with Crippen LogP contribution < -0.4 is 23.7 Å². The maximum absolute atomic E-state index is 14.1. The fraction of sp³-hybridized carbons (Fsp3) is 0.235. The summed E-state index contributed by atoms with van der Waals surface area (Å²) in [6.07, 6.45) is 0. The minimum atomic E-state index is -1.01. The van der Waals surface area contributed by atoms with Gasteiger partial charge in [-0.3, -0.25) is 9.59 Å². The standard InChI is InChI=1S/C34H30O8/c1-38-25-14-5-3-11-23(25)28-30(33(35)36)29(24-12-4-6-15-26(24)39-2)31(28)34(37)42-21-10-7-9-20(19-21)22-13-8-16-27-32(22)41-18-17-40-27/h3-16,19,28-31H,17-18H2,1-2H3,(H,35,36)/t28-,29?,30+,31?/m0/s1. The number of para-hydroxylation sites is 3. The number of rotatable bonds is 8. The minimum absolute atomic E-state index is 0.336. The third-order valence-electron chi connectivity index (χ3n) is 8.03. The topological polar surface area (TPSA) is 101 Å². The van der Waals surface area contributed by atoms with Crippen LogP contribution in [-0.4, -0.2) is 44.5 Å². The van der Waals surface area contributed by atoms with Crippen LogP contribution in [0.2, 0.25) is 0 Å². The Hall–Kier alpha value is -4.98. The predicted molar refractivity (Wildman–Crippen MR) is 155 cm³/mol. The largest absolute Gasteiger partial charge is 0.496 e. The molecule has 2 aliphatic rings. The van der Waals surface area contributed by atoms with Gasteiger partial charge in [0.2, 0.25) is 0 Å². The fourth-order valence-electron chi connectivity index (χ4n) is 6.22. The first-order valence-electron chi connectivity index (χ1n) is 13.7. The molecule has 0 bridgehead atoms. The van der Waals surface area contributed by atoms with E-state index < -0.39 is 35.6 Å². The van der Waals surface area contributed by atoms with Crippen LogP contribution in [0.1, 0.15) is 23.0 Å². The summed E-state index contributed by atoms with van der Waals surface area (Å²) < 4.78 is 28.8. The Bertz CT molecular complexity index is 1570. The summed E-state index contributed by atoms with van der Waals surface area (Å²) in [5, 5.41) is 10.4.